The summed E-state index contributed by atoms with van der Waals surface area (Å²) in [4.78, 5) is 0. The van der Waals surface area contributed by atoms with Gasteiger partial charge in [0.15, 0.2) is 0 Å². The van der Waals surface area contributed by atoms with E-state index in [1.165, 1.54) is 31.2 Å². The van der Waals surface area contributed by atoms with Gasteiger partial charge in [0, 0.05) is 12.1 Å². The topological polar surface area (TPSA) is 12.0 Å². The van der Waals surface area contributed by atoms with Gasteiger partial charge in [0.05, 0.1) is 0 Å². The van der Waals surface area contributed by atoms with E-state index in [1.54, 1.807) is 12.1 Å². The second-order valence-corrected chi connectivity index (χ2v) is 7.38. The van der Waals surface area contributed by atoms with Gasteiger partial charge in [-0.05, 0) is 54.7 Å². The van der Waals surface area contributed by atoms with E-state index >= 15 is 0 Å². The summed E-state index contributed by atoms with van der Waals surface area (Å²) in [7, 11) is 0. The highest BCUT2D eigenvalue weighted by Gasteiger charge is 2.28. The molecule has 2 heteroatoms. The zero-order valence-electron chi connectivity index (χ0n) is 13.2. The summed E-state index contributed by atoms with van der Waals surface area (Å²) in [6.07, 6.45) is 5.08. The highest BCUT2D eigenvalue weighted by atomic mass is 19.1. The monoisotopic (exact) mass is 277 g/mol. The lowest BCUT2D eigenvalue weighted by Crippen LogP contribution is -2.39. The van der Waals surface area contributed by atoms with Gasteiger partial charge in [0.25, 0.3) is 0 Å². The first-order valence-corrected chi connectivity index (χ1v) is 7.89. The SMILES string of the molecule is CC(C)C(NC1CCC(C)(C)CC1)c1ccc(F)cc1. The Morgan fingerprint density at radius 3 is 2.15 bits per heavy atom. The first-order chi connectivity index (χ1) is 9.37. The third-order valence-electron chi connectivity index (χ3n) is 4.65. The number of halogens is 1. The van der Waals surface area contributed by atoms with Crippen molar-refractivity contribution < 1.29 is 4.39 Å². The van der Waals surface area contributed by atoms with Crippen LogP contribution in [-0.4, -0.2) is 6.04 Å². The van der Waals surface area contributed by atoms with Gasteiger partial charge in [-0.3, -0.25) is 0 Å². The molecule has 1 aliphatic carbocycles. The second kappa shape index (κ2) is 6.26. The summed E-state index contributed by atoms with van der Waals surface area (Å²) in [5.41, 5.74) is 1.70. The third-order valence-corrected chi connectivity index (χ3v) is 4.65. The van der Waals surface area contributed by atoms with Gasteiger partial charge in [-0.1, -0.05) is 39.8 Å². The molecular weight excluding hydrogens is 249 g/mol. The lowest BCUT2D eigenvalue weighted by atomic mass is 9.75. The lowest BCUT2D eigenvalue weighted by Gasteiger charge is -2.37. The quantitative estimate of drug-likeness (QED) is 0.809. The van der Waals surface area contributed by atoms with Crippen LogP contribution < -0.4 is 5.32 Å². The minimum atomic E-state index is -0.157. The van der Waals surface area contributed by atoms with Crippen LogP contribution >= 0.6 is 0 Å². The van der Waals surface area contributed by atoms with Crippen molar-refractivity contribution in [3.63, 3.8) is 0 Å². The van der Waals surface area contributed by atoms with E-state index in [0.29, 0.717) is 23.4 Å². The largest absolute Gasteiger partial charge is 0.307 e. The molecular formula is C18H28FN. The second-order valence-electron chi connectivity index (χ2n) is 7.38. The maximum absolute atomic E-state index is 13.1. The maximum Gasteiger partial charge on any atom is 0.123 e. The molecule has 1 aliphatic rings. The van der Waals surface area contributed by atoms with Crippen molar-refractivity contribution in [1.29, 1.82) is 0 Å². The van der Waals surface area contributed by atoms with Crippen LogP contribution in [0.2, 0.25) is 0 Å². The van der Waals surface area contributed by atoms with E-state index in [-0.39, 0.29) is 5.82 Å². The molecule has 1 fully saturated rings. The maximum atomic E-state index is 13.1. The summed E-state index contributed by atoms with van der Waals surface area (Å²) in [6.45, 7) is 9.19. The fourth-order valence-electron chi connectivity index (χ4n) is 3.16. The molecule has 0 aromatic heterocycles. The van der Waals surface area contributed by atoms with Gasteiger partial charge in [0.1, 0.15) is 5.82 Å². The molecule has 1 saturated carbocycles. The molecule has 0 saturated heterocycles. The summed E-state index contributed by atoms with van der Waals surface area (Å²) in [5, 5.41) is 3.81. The van der Waals surface area contributed by atoms with Gasteiger partial charge in [-0.15, -0.1) is 0 Å². The summed E-state index contributed by atoms with van der Waals surface area (Å²) in [6, 6.07) is 7.88. The fraction of sp³-hybridized carbons (Fsp3) is 0.667. The smallest absolute Gasteiger partial charge is 0.123 e. The molecule has 0 aliphatic heterocycles. The molecule has 2 rings (SSSR count). The Bertz CT molecular complexity index is 412. The van der Waals surface area contributed by atoms with Crippen LogP contribution in [-0.2, 0) is 0 Å². The molecule has 0 amide bonds. The first kappa shape index (κ1) is 15.5. The molecule has 0 radical (unpaired) electrons. The van der Waals surface area contributed by atoms with Crippen molar-refractivity contribution in [1.82, 2.24) is 5.32 Å². The van der Waals surface area contributed by atoms with Crippen LogP contribution in [0.3, 0.4) is 0 Å². The number of nitrogens with one attached hydrogen (secondary N) is 1. The molecule has 20 heavy (non-hydrogen) atoms. The molecule has 112 valence electrons. The van der Waals surface area contributed by atoms with E-state index in [1.807, 2.05) is 12.1 Å². The molecule has 1 aromatic carbocycles. The van der Waals surface area contributed by atoms with E-state index in [2.05, 4.69) is 33.0 Å². The normalized spacial score (nSPS) is 21.1. The average Bonchev–Trinajstić information content (AvgIpc) is 2.38. The van der Waals surface area contributed by atoms with Crippen LogP contribution in [0.5, 0.6) is 0 Å². The Kier molecular flexibility index (Phi) is 4.85. The molecule has 1 aromatic rings. The molecule has 1 atom stereocenters. The van der Waals surface area contributed by atoms with Crippen molar-refractivity contribution >= 4 is 0 Å². The highest BCUT2D eigenvalue weighted by molar-refractivity contribution is 5.20. The third kappa shape index (κ3) is 4.05. The zero-order chi connectivity index (χ0) is 14.8. The number of rotatable bonds is 4. The Balaban J connectivity index is 2.02. The average molecular weight is 277 g/mol. The van der Waals surface area contributed by atoms with Crippen molar-refractivity contribution in [2.45, 2.75) is 65.5 Å². The van der Waals surface area contributed by atoms with Crippen molar-refractivity contribution in [2.24, 2.45) is 11.3 Å². The molecule has 0 heterocycles. The lowest BCUT2D eigenvalue weighted by molar-refractivity contribution is 0.190. The summed E-state index contributed by atoms with van der Waals surface area (Å²) < 4.78 is 13.1. The molecule has 0 spiro atoms. The van der Waals surface area contributed by atoms with Crippen LogP contribution in [0.25, 0.3) is 0 Å². The highest BCUT2D eigenvalue weighted by Crippen LogP contribution is 2.36. The zero-order valence-corrected chi connectivity index (χ0v) is 13.2. The Morgan fingerprint density at radius 1 is 1.10 bits per heavy atom. The summed E-state index contributed by atoms with van der Waals surface area (Å²) in [5.74, 6) is 0.353. The minimum absolute atomic E-state index is 0.157. The van der Waals surface area contributed by atoms with Crippen molar-refractivity contribution in [3.8, 4) is 0 Å². The van der Waals surface area contributed by atoms with Crippen molar-refractivity contribution in [2.75, 3.05) is 0 Å². The molecule has 1 N–H and O–H groups in total. The van der Waals surface area contributed by atoms with E-state index in [4.69, 9.17) is 0 Å². The van der Waals surface area contributed by atoms with E-state index in [9.17, 15) is 4.39 Å². The summed E-state index contributed by atoms with van der Waals surface area (Å²) >= 11 is 0. The number of hydrogen-bond donors (Lipinski definition) is 1. The fourth-order valence-corrected chi connectivity index (χ4v) is 3.16. The molecule has 0 bridgehead atoms. The van der Waals surface area contributed by atoms with E-state index in [0.717, 1.165) is 0 Å². The number of hydrogen-bond acceptors (Lipinski definition) is 1. The van der Waals surface area contributed by atoms with Gasteiger partial charge in [-0.2, -0.15) is 0 Å². The Labute approximate surface area is 123 Å². The predicted molar refractivity (Wildman–Crippen MR) is 83.2 cm³/mol. The van der Waals surface area contributed by atoms with Crippen molar-refractivity contribution in [3.05, 3.63) is 35.6 Å². The Morgan fingerprint density at radius 2 is 1.65 bits per heavy atom. The minimum Gasteiger partial charge on any atom is -0.307 e. The van der Waals surface area contributed by atoms with Crippen LogP contribution in [0.15, 0.2) is 24.3 Å². The number of benzene rings is 1. The van der Waals surface area contributed by atoms with Gasteiger partial charge in [0.2, 0.25) is 0 Å². The van der Waals surface area contributed by atoms with E-state index < -0.39 is 0 Å². The van der Waals surface area contributed by atoms with Gasteiger partial charge >= 0.3 is 0 Å². The van der Waals surface area contributed by atoms with Gasteiger partial charge in [-0.25, -0.2) is 4.39 Å². The Hall–Kier alpha value is -0.890. The predicted octanol–water partition coefficient (Wildman–Crippen LogP) is 5.08. The van der Waals surface area contributed by atoms with Crippen LogP contribution in [0.1, 0.15) is 65.0 Å². The van der Waals surface area contributed by atoms with Gasteiger partial charge < -0.3 is 5.32 Å². The molecule has 1 unspecified atom stereocenters. The van der Waals surface area contributed by atoms with Crippen LogP contribution in [0, 0.1) is 17.2 Å². The molecule has 1 nitrogen and oxygen atoms in total. The first-order valence-electron chi connectivity index (χ1n) is 7.89. The van der Waals surface area contributed by atoms with Crippen LogP contribution in [0.4, 0.5) is 4.39 Å². The standard InChI is InChI=1S/C18H28FN/c1-13(2)17(14-5-7-15(19)8-6-14)20-16-9-11-18(3,4)12-10-16/h5-8,13,16-17,20H,9-12H2,1-4H3.